The van der Waals surface area contributed by atoms with Crippen molar-refractivity contribution in [1.29, 1.82) is 0 Å². The quantitative estimate of drug-likeness (QED) is 0.752. The van der Waals surface area contributed by atoms with Gasteiger partial charge in [-0.25, -0.2) is 0 Å². The summed E-state index contributed by atoms with van der Waals surface area (Å²) in [5, 5.41) is 3.58. The first-order valence-corrected chi connectivity index (χ1v) is 6.92. The maximum atomic E-state index is 6.29. The number of ether oxygens (including phenoxy) is 1. The topological polar surface area (TPSA) is 47.3 Å². The van der Waals surface area contributed by atoms with Crippen LogP contribution in [0.5, 0.6) is 0 Å². The molecule has 5 atom stereocenters. The highest BCUT2D eigenvalue weighted by molar-refractivity contribution is 4.99. The summed E-state index contributed by atoms with van der Waals surface area (Å²) < 4.78 is 5.61. The molecular formula is C13H24N2O. The molecule has 0 spiro atoms. The van der Waals surface area contributed by atoms with Gasteiger partial charge in [0.25, 0.3) is 0 Å². The van der Waals surface area contributed by atoms with Crippen molar-refractivity contribution >= 4 is 0 Å². The Morgan fingerprint density at radius 1 is 1.12 bits per heavy atom. The number of hydrogen-bond donors (Lipinski definition) is 2. The summed E-state index contributed by atoms with van der Waals surface area (Å²) in [6, 6.07) is 0.468. The average Bonchev–Trinajstić information content (AvgIpc) is 2.97. The molecule has 0 amide bonds. The fraction of sp³-hybridized carbons (Fsp3) is 1.00. The molecule has 3 heteroatoms. The van der Waals surface area contributed by atoms with Crippen LogP contribution < -0.4 is 11.1 Å². The van der Waals surface area contributed by atoms with Gasteiger partial charge in [-0.2, -0.15) is 0 Å². The van der Waals surface area contributed by atoms with Crippen LogP contribution in [0.15, 0.2) is 0 Å². The zero-order valence-electron chi connectivity index (χ0n) is 10.0. The van der Waals surface area contributed by atoms with Gasteiger partial charge in [0.2, 0.25) is 0 Å². The van der Waals surface area contributed by atoms with E-state index < -0.39 is 0 Å². The maximum absolute atomic E-state index is 6.29. The Bertz CT molecular complexity index is 238. The first-order valence-electron chi connectivity index (χ1n) is 6.92. The van der Waals surface area contributed by atoms with Gasteiger partial charge < -0.3 is 15.8 Å². The van der Waals surface area contributed by atoms with Gasteiger partial charge in [0.1, 0.15) is 0 Å². The van der Waals surface area contributed by atoms with Crippen molar-refractivity contribution in [2.45, 2.75) is 44.2 Å². The van der Waals surface area contributed by atoms with Crippen LogP contribution in [0.4, 0.5) is 0 Å². The molecule has 0 aromatic heterocycles. The zero-order chi connectivity index (χ0) is 11.0. The van der Waals surface area contributed by atoms with Crippen LogP contribution in [-0.4, -0.2) is 31.8 Å². The summed E-state index contributed by atoms with van der Waals surface area (Å²) in [6.45, 7) is 3.10. The molecule has 92 valence electrons. The maximum Gasteiger partial charge on any atom is 0.0700 e. The lowest BCUT2D eigenvalue weighted by Crippen LogP contribution is -2.42. The summed E-state index contributed by atoms with van der Waals surface area (Å²) in [5.74, 6) is 2.48. The Hall–Kier alpha value is -0.120. The molecule has 2 bridgehead atoms. The van der Waals surface area contributed by atoms with E-state index in [4.69, 9.17) is 10.5 Å². The third-order valence-electron chi connectivity index (χ3n) is 4.93. The SMILES string of the molecule is NC1C2CCC(C2)C1CNCC1CCCO1. The van der Waals surface area contributed by atoms with Crippen molar-refractivity contribution in [2.24, 2.45) is 23.5 Å². The standard InChI is InChI=1S/C13H24N2O/c14-13-10-4-3-9(6-10)12(13)8-15-7-11-2-1-5-16-11/h9-13,15H,1-8,14H2. The smallest absolute Gasteiger partial charge is 0.0700 e. The summed E-state index contributed by atoms with van der Waals surface area (Å²) in [6.07, 6.45) is 7.14. The zero-order valence-corrected chi connectivity index (χ0v) is 10.0. The number of nitrogens with one attached hydrogen (secondary N) is 1. The predicted octanol–water partition coefficient (Wildman–Crippen LogP) is 1.13. The van der Waals surface area contributed by atoms with Crippen molar-refractivity contribution in [2.75, 3.05) is 19.7 Å². The minimum atomic E-state index is 0.467. The number of nitrogens with two attached hydrogens (primary N) is 1. The molecule has 1 saturated heterocycles. The molecule has 3 fully saturated rings. The number of hydrogen-bond acceptors (Lipinski definition) is 3. The molecule has 3 nitrogen and oxygen atoms in total. The molecule has 3 aliphatic rings. The minimum absolute atomic E-state index is 0.467. The van der Waals surface area contributed by atoms with E-state index in [1.807, 2.05) is 0 Å². The van der Waals surface area contributed by atoms with Crippen molar-refractivity contribution in [3.8, 4) is 0 Å². The Kier molecular flexibility index (Phi) is 3.18. The second-order valence-electron chi connectivity index (χ2n) is 5.87. The van der Waals surface area contributed by atoms with Crippen LogP contribution in [0.25, 0.3) is 0 Å². The van der Waals surface area contributed by atoms with Gasteiger partial charge in [-0.3, -0.25) is 0 Å². The fourth-order valence-electron chi connectivity index (χ4n) is 3.97. The number of fused-ring (bicyclic) bond motifs is 2. The van der Waals surface area contributed by atoms with E-state index in [0.29, 0.717) is 12.1 Å². The van der Waals surface area contributed by atoms with E-state index >= 15 is 0 Å². The van der Waals surface area contributed by atoms with Gasteiger partial charge in [0, 0.05) is 19.2 Å². The normalized spacial score (nSPS) is 46.7. The van der Waals surface area contributed by atoms with Crippen molar-refractivity contribution in [3.05, 3.63) is 0 Å². The van der Waals surface area contributed by atoms with Crippen LogP contribution >= 0.6 is 0 Å². The second kappa shape index (κ2) is 4.63. The third kappa shape index (κ3) is 2.01. The van der Waals surface area contributed by atoms with E-state index in [1.165, 1.54) is 32.1 Å². The highest BCUT2D eigenvalue weighted by atomic mass is 16.5. The molecule has 5 unspecified atom stereocenters. The summed E-state index contributed by atoms with van der Waals surface area (Å²) in [5.41, 5.74) is 6.29. The molecule has 3 N–H and O–H groups in total. The van der Waals surface area contributed by atoms with Gasteiger partial charge in [-0.1, -0.05) is 0 Å². The van der Waals surface area contributed by atoms with Crippen molar-refractivity contribution < 1.29 is 4.74 Å². The van der Waals surface area contributed by atoms with E-state index in [9.17, 15) is 0 Å². The first-order chi connectivity index (χ1) is 7.84. The molecule has 2 saturated carbocycles. The largest absolute Gasteiger partial charge is 0.377 e. The molecule has 3 rings (SSSR count). The van der Waals surface area contributed by atoms with Gasteiger partial charge >= 0.3 is 0 Å². The van der Waals surface area contributed by atoms with Gasteiger partial charge in [0.05, 0.1) is 6.10 Å². The molecule has 16 heavy (non-hydrogen) atoms. The molecule has 0 aromatic carbocycles. The highest BCUT2D eigenvalue weighted by Crippen LogP contribution is 2.47. The molecule has 2 aliphatic carbocycles. The third-order valence-corrected chi connectivity index (χ3v) is 4.93. The Balaban J connectivity index is 1.41. The van der Waals surface area contributed by atoms with E-state index in [-0.39, 0.29) is 0 Å². The Morgan fingerprint density at radius 3 is 2.69 bits per heavy atom. The molecule has 1 aliphatic heterocycles. The van der Waals surface area contributed by atoms with Crippen LogP contribution in [0, 0.1) is 17.8 Å². The first kappa shape index (κ1) is 11.0. The van der Waals surface area contributed by atoms with Crippen LogP contribution in [0.3, 0.4) is 0 Å². The van der Waals surface area contributed by atoms with Gasteiger partial charge in [0.15, 0.2) is 0 Å². The van der Waals surface area contributed by atoms with Gasteiger partial charge in [-0.15, -0.1) is 0 Å². The lowest BCUT2D eigenvalue weighted by atomic mass is 9.85. The van der Waals surface area contributed by atoms with Crippen molar-refractivity contribution in [1.82, 2.24) is 5.32 Å². The highest BCUT2D eigenvalue weighted by Gasteiger charge is 2.45. The van der Waals surface area contributed by atoms with Crippen LogP contribution in [0.2, 0.25) is 0 Å². The van der Waals surface area contributed by atoms with Crippen LogP contribution in [-0.2, 0) is 4.74 Å². The fourth-order valence-corrected chi connectivity index (χ4v) is 3.97. The predicted molar refractivity (Wildman–Crippen MR) is 64.1 cm³/mol. The average molecular weight is 224 g/mol. The Morgan fingerprint density at radius 2 is 2.00 bits per heavy atom. The molecule has 0 aromatic rings. The second-order valence-corrected chi connectivity index (χ2v) is 5.87. The van der Waals surface area contributed by atoms with Gasteiger partial charge in [-0.05, 0) is 56.4 Å². The Labute approximate surface area is 98.1 Å². The molecule has 1 heterocycles. The van der Waals surface area contributed by atoms with Crippen LogP contribution in [0.1, 0.15) is 32.1 Å². The molecule has 0 radical (unpaired) electrons. The van der Waals surface area contributed by atoms with Crippen molar-refractivity contribution in [3.63, 3.8) is 0 Å². The van der Waals surface area contributed by atoms with E-state index in [1.54, 1.807) is 0 Å². The number of rotatable bonds is 4. The van der Waals surface area contributed by atoms with E-state index in [2.05, 4.69) is 5.32 Å². The summed E-state index contributed by atoms with van der Waals surface area (Å²) in [4.78, 5) is 0. The summed E-state index contributed by atoms with van der Waals surface area (Å²) in [7, 11) is 0. The monoisotopic (exact) mass is 224 g/mol. The lowest BCUT2D eigenvalue weighted by molar-refractivity contribution is 0.108. The molecular weight excluding hydrogens is 200 g/mol. The minimum Gasteiger partial charge on any atom is -0.377 e. The summed E-state index contributed by atoms with van der Waals surface area (Å²) >= 11 is 0. The lowest BCUT2D eigenvalue weighted by Gasteiger charge is -2.28. The van der Waals surface area contributed by atoms with E-state index in [0.717, 1.165) is 37.5 Å².